The van der Waals surface area contributed by atoms with E-state index < -0.39 is 0 Å². The fraction of sp³-hybridized carbons (Fsp3) is 0.250. The van der Waals surface area contributed by atoms with E-state index in [0.29, 0.717) is 13.0 Å². The van der Waals surface area contributed by atoms with Crippen LogP contribution in [0, 0.1) is 5.82 Å². The predicted octanol–water partition coefficient (Wildman–Crippen LogP) is 3.03. The van der Waals surface area contributed by atoms with Crippen molar-refractivity contribution in [2.45, 2.75) is 25.8 Å². The predicted molar refractivity (Wildman–Crippen MR) is 75.5 cm³/mol. The van der Waals surface area contributed by atoms with Crippen molar-refractivity contribution in [3.8, 4) is 0 Å². The van der Waals surface area contributed by atoms with Crippen molar-refractivity contribution in [1.29, 1.82) is 0 Å². The summed E-state index contributed by atoms with van der Waals surface area (Å²) in [6.45, 7) is 2.34. The van der Waals surface area contributed by atoms with Crippen LogP contribution in [0.4, 0.5) is 4.39 Å². The summed E-state index contributed by atoms with van der Waals surface area (Å²) in [4.78, 5) is 16.4. The van der Waals surface area contributed by atoms with E-state index in [0.717, 1.165) is 11.3 Å². The molecule has 0 saturated heterocycles. The first-order chi connectivity index (χ1) is 9.70. The summed E-state index contributed by atoms with van der Waals surface area (Å²) < 4.78 is 12.9. The number of nitrogens with one attached hydrogen (secondary N) is 1. The second kappa shape index (κ2) is 6.80. The molecule has 1 amide bonds. The number of hydrogen-bond donors (Lipinski definition) is 1. The molecule has 0 aliphatic heterocycles. The number of benzene rings is 1. The monoisotopic (exact) mass is 272 g/mol. The largest absolute Gasteiger partial charge is 0.350 e. The molecule has 20 heavy (non-hydrogen) atoms. The maximum absolute atomic E-state index is 12.9. The summed E-state index contributed by atoms with van der Waals surface area (Å²) in [6.07, 6.45) is 2.36. The van der Waals surface area contributed by atoms with Crippen molar-refractivity contribution in [2.75, 3.05) is 0 Å². The molecule has 1 aromatic carbocycles. The topological polar surface area (TPSA) is 42.0 Å². The van der Waals surface area contributed by atoms with Gasteiger partial charge in [-0.15, -0.1) is 0 Å². The van der Waals surface area contributed by atoms with Crippen LogP contribution in [0.1, 0.15) is 30.5 Å². The average Bonchev–Trinajstić information content (AvgIpc) is 2.49. The molecular weight excluding hydrogens is 255 g/mol. The lowest BCUT2D eigenvalue weighted by molar-refractivity contribution is -0.122. The van der Waals surface area contributed by atoms with Gasteiger partial charge in [-0.3, -0.25) is 9.78 Å². The van der Waals surface area contributed by atoms with E-state index in [2.05, 4.69) is 10.3 Å². The van der Waals surface area contributed by atoms with Crippen molar-refractivity contribution in [3.05, 3.63) is 65.7 Å². The van der Waals surface area contributed by atoms with Crippen LogP contribution in [0.15, 0.2) is 48.7 Å². The molecule has 1 heterocycles. The first kappa shape index (κ1) is 14.2. The number of hydrogen-bond acceptors (Lipinski definition) is 2. The van der Waals surface area contributed by atoms with Crippen LogP contribution in [0.2, 0.25) is 0 Å². The quantitative estimate of drug-likeness (QED) is 0.909. The van der Waals surface area contributed by atoms with E-state index in [4.69, 9.17) is 0 Å². The Morgan fingerprint density at radius 2 is 2.00 bits per heavy atom. The van der Waals surface area contributed by atoms with Gasteiger partial charge in [0.1, 0.15) is 5.82 Å². The molecule has 0 aliphatic carbocycles. The molecule has 0 spiro atoms. The van der Waals surface area contributed by atoms with Crippen LogP contribution in [0.5, 0.6) is 0 Å². The molecule has 0 saturated carbocycles. The van der Waals surface area contributed by atoms with Gasteiger partial charge in [-0.1, -0.05) is 25.1 Å². The van der Waals surface area contributed by atoms with E-state index >= 15 is 0 Å². The molecule has 4 heteroatoms. The third-order valence-corrected chi connectivity index (χ3v) is 3.17. The Morgan fingerprint density at radius 1 is 1.25 bits per heavy atom. The van der Waals surface area contributed by atoms with Crippen LogP contribution in [-0.4, -0.2) is 10.9 Å². The van der Waals surface area contributed by atoms with Gasteiger partial charge in [0.2, 0.25) is 5.91 Å². The zero-order valence-electron chi connectivity index (χ0n) is 11.3. The minimum absolute atomic E-state index is 0.0650. The highest BCUT2D eigenvalue weighted by Gasteiger charge is 2.18. The highest BCUT2D eigenvalue weighted by molar-refractivity contribution is 5.83. The fourth-order valence-corrected chi connectivity index (χ4v) is 2.07. The van der Waals surface area contributed by atoms with Gasteiger partial charge in [0.15, 0.2) is 0 Å². The number of halogens is 1. The number of amides is 1. The van der Waals surface area contributed by atoms with E-state index in [1.54, 1.807) is 18.3 Å². The lowest BCUT2D eigenvalue weighted by Crippen LogP contribution is -2.29. The average molecular weight is 272 g/mol. The van der Waals surface area contributed by atoms with Crippen molar-refractivity contribution in [2.24, 2.45) is 0 Å². The Kier molecular flexibility index (Phi) is 4.82. The summed E-state index contributed by atoms with van der Waals surface area (Å²) >= 11 is 0. The summed E-state index contributed by atoms with van der Waals surface area (Å²) in [5, 5.41) is 2.87. The summed E-state index contributed by atoms with van der Waals surface area (Å²) in [5.41, 5.74) is 1.64. The van der Waals surface area contributed by atoms with E-state index in [9.17, 15) is 9.18 Å². The smallest absolute Gasteiger partial charge is 0.227 e. The molecular formula is C16H17FN2O. The molecule has 0 bridgehead atoms. The van der Waals surface area contributed by atoms with Crippen molar-refractivity contribution >= 4 is 5.91 Å². The fourth-order valence-electron chi connectivity index (χ4n) is 2.07. The first-order valence-corrected chi connectivity index (χ1v) is 6.63. The van der Waals surface area contributed by atoms with Gasteiger partial charge in [-0.2, -0.15) is 0 Å². The minimum Gasteiger partial charge on any atom is -0.350 e. The van der Waals surface area contributed by atoms with Crippen LogP contribution >= 0.6 is 0 Å². The number of carbonyl (C=O) groups is 1. The SMILES string of the molecule is CCC(C(=O)NCc1ccccn1)c1ccc(F)cc1. The Morgan fingerprint density at radius 3 is 2.60 bits per heavy atom. The molecule has 104 valence electrons. The minimum atomic E-state index is -0.294. The van der Waals surface area contributed by atoms with Crippen LogP contribution in [-0.2, 0) is 11.3 Å². The first-order valence-electron chi connectivity index (χ1n) is 6.63. The molecule has 1 atom stereocenters. The van der Waals surface area contributed by atoms with Crippen LogP contribution in [0.25, 0.3) is 0 Å². The molecule has 1 unspecified atom stereocenters. The number of pyridine rings is 1. The zero-order chi connectivity index (χ0) is 14.4. The molecule has 0 aliphatic rings. The van der Waals surface area contributed by atoms with Crippen molar-refractivity contribution in [1.82, 2.24) is 10.3 Å². The summed E-state index contributed by atoms with van der Waals surface area (Å²) in [5.74, 6) is -0.624. The van der Waals surface area contributed by atoms with E-state index in [1.165, 1.54) is 12.1 Å². The maximum Gasteiger partial charge on any atom is 0.227 e. The van der Waals surface area contributed by atoms with E-state index in [1.807, 2.05) is 25.1 Å². The van der Waals surface area contributed by atoms with Crippen molar-refractivity contribution < 1.29 is 9.18 Å². The summed E-state index contributed by atoms with van der Waals surface area (Å²) in [6, 6.07) is 11.6. The molecule has 0 radical (unpaired) electrons. The molecule has 1 aromatic heterocycles. The van der Waals surface area contributed by atoms with Crippen LogP contribution in [0.3, 0.4) is 0 Å². The zero-order valence-corrected chi connectivity index (χ0v) is 11.3. The Bertz CT molecular complexity index is 554. The molecule has 2 aromatic rings. The number of nitrogens with zero attached hydrogens (tertiary/aromatic N) is 1. The Balaban J connectivity index is 2.00. The van der Waals surface area contributed by atoms with Gasteiger partial charge in [0, 0.05) is 6.20 Å². The Labute approximate surface area is 117 Å². The molecule has 1 N–H and O–H groups in total. The normalized spacial score (nSPS) is 11.9. The molecule has 2 rings (SSSR count). The molecule has 0 fully saturated rings. The van der Waals surface area contributed by atoms with Gasteiger partial charge in [-0.05, 0) is 36.2 Å². The highest BCUT2D eigenvalue weighted by atomic mass is 19.1. The number of rotatable bonds is 5. The third kappa shape index (κ3) is 3.63. The van der Waals surface area contributed by atoms with Crippen LogP contribution < -0.4 is 5.32 Å². The number of carbonyl (C=O) groups excluding carboxylic acids is 1. The summed E-state index contributed by atoms with van der Waals surface area (Å²) in [7, 11) is 0. The van der Waals surface area contributed by atoms with Gasteiger partial charge in [0.05, 0.1) is 18.2 Å². The second-order valence-corrected chi connectivity index (χ2v) is 4.55. The lowest BCUT2D eigenvalue weighted by Gasteiger charge is -2.15. The van der Waals surface area contributed by atoms with Gasteiger partial charge in [0.25, 0.3) is 0 Å². The van der Waals surface area contributed by atoms with Gasteiger partial charge >= 0.3 is 0 Å². The van der Waals surface area contributed by atoms with Gasteiger partial charge < -0.3 is 5.32 Å². The molecule has 3 nitrogen and oxygen atoms in total. The Hall–Kier alpha value is -2.23. The van der Waals surface area contributed by atoms with Crippen molar-refractivity contribution in [3.63, 3.8) is 0 Å². The maximum atomic E-state index is 12.9. The standard InChI is InChI=1S/C16H17FN2O/c1-2-15(12-6-8-13(17)9-7-12)16(20)19-11-14-5-3-4-10-18-14/h3-10,15H,2,11H2,1H3,(H,19,20). The third-order valence-electron chi connectivity index (χ3n) is 3.17. The number of aromatic nitrogens is 1. The van der Waals surface area contributed by atoms with Gasteiger partial charge in [-0.25, -0.2) is 4.39 Å². The highest BCUT2D eigenvalue weighted by Crippen LogP contribution is 2.20. The van der Waals surface area contributed by atoms with E-state index in [-0.39, 0.29) is 17.6 Å². The lowest BCUT2D eigenvalue weighted by atomic mass is 9.95. The second-order valence-electron chi connectivity index (χ2n) is 4.55.